The van der Waals surface area contributed by atoms with Gasteiger partial charge >= 0.3 is 22.7 Å². The van der Waals surface area contributed by atoms with Gasteiger partial charge < -0.3 is 14.7 Å². The Morgan fingerprint density at radius 1 is 0.922 bits per heavy atom. The molecule has 0 radical (unpaired) electrons. The number of piperidine rings is 1. The third-order valence-corrected chi connectivity index (χ3v) is 12.4. The predicted molar refractivity (Wildman–Crippen MR) is 210 cm³/mol. The maximum Gasteiger partial charge on any atom is 0.520 e. The summed E-state index contributed by atoms with van der Waals surface area (Å²) in [6, 6.07) is 4.29. The summed E-state index contributed by atoms with van der Waals surface area (Å²) in [6.07, 6.45) is 6.63. The second-order valence-corrected chi connectivity index (χ2v) is 18.6. The lowest BCUT2D eigenvalue weighted by molar-refractivity contribution is -0.164. The van der Waals surface area contributed by atoms with Gasteiger partial charge in [0.15, 0.2) is 0 Å². The van der Waals surface area contributed by atoms with E-state index in [1.807, 2.05) is 32.6 Å². The predicted octanol–water partition coefficient (Wildman–Crippen LogP) is 10.7. The molecule has 1 fully saturated rings. The summed E-state index contributed by atoms with van der Waals surface area (Å²) in [4.78, 5) is 27.1. The summed E-state index contributed by atoms with van der Waals surface area (Å²) in [5.74, 6) is -0.142. The number of unbranched alkanes of at least 4 members (excludes halogenated alkanes) is 1. The lowest BCUT2D eigenvalue weighted by atomic mass is 9.72. The van der Waals surface area contributed by atoms with Crippen LogP contribution in [0.1, 0.15) is 165 Å². The number of amides is 1. The largest absolute Gasteiger partial charge is 0.520 e. The molecule has 1 heterocycles. The highest BCUT2D eigenvalue weighted by atomic mass is 31.1. The standard InChI is InChI=1S/C36H60NO6P.C4H10O2P/c1-14-32(6,7)28-18-26(19-29(31(28)40)33(8,9)15-2)20-36(16-3,17-4)24-42-44(41)23-30(39)43-27-21-34(10,11)37(25(5)38)35(12,13)22-27;1-2-3-4-6-7-5/h18-19,27H,14-17,20-24H2,1-13H3;7H,2-4H2,1H3/q;+1/p+1. The molecule has 51 heavy (non-hydrogen) atoms. The smallest absolute Gasteiger partial charge is 0.507 e. The maximum atomic E-state index is 13.1. The van der Waals surface area contributed by atoms with Gasteiger partial charge in [0, 0.05) is 47.4 Å². The Labute approximate surface area is 312 Å². The molecular formula is C40H71NO8P2+2. The summed E-state index contributed by atoms with van der Waals surface area (Å²) >= 11 is 0. The number of aromatic hydroxyl groups is 1. The van der Waals surface area contributed by atoms with Crippen LogP contribution in [0.5, 0.6) is 5.75 Å². The Hall–Kier alpha value is -1.92. The zero-order chi connectivity index (χ0) is 39.4. The molecule has 0 aromatic heterocycles. The molecule has 292 valence electrons. The van der Waals surface area contributed by atoms with E-state index in [2.05, 4.69) is 79.0 Å². The number of carbonyl (C=O) groups is 2. The van der Waals surface area contributed by atoms with E-state index in [9.17, 15) is 23.8 Å². The Morgan fingerprint density at radius 2 is 1.41 bits per heavy atom. The van der Waals surface area contributed by atoms with E-state index in [1.54, 1.807) is 6.92 Å². The molecule has 0 spiro atoms. The van der Waals surface area contributed by atoms with Gasteiger partial charge in [-0.05, 0) is 91.7 Å². The lowest BCUT2D eigenvalue weighted by Crippen LogP contribution is -2.63. The van der Waals surface area contributed by atoms with E-state index in [-0.39, 0.29) is 41.0 Å². The van der Waals surface area contributed by atoms with Crippen LogP contribution in [-0.4, -0.2) is 58.4 Å². The van der Waals surface area contributed by atoms with E-state index in [1.165, 1.54) is 0 Å². The third kappa shape index (κ3) is 13.5. The number of phenols is 1. The minimum Gasteiger partial charge on any atom is -0.507 e. The summed E-state index contributed by atoms with van der Waals surface area (Å²) in [5, 5.41) is 11.4. The van der Waals surface area contributed by atoms with Crippen molar-refractivity contribution in [2.24, 2.45) is 5.41 Å². The molecule has 2 rings (SSSR count). The van der Waals surface area contributed by atoms with Crippen molar-refractivity contribution in [2.75, 3.05) is 19.4 Å². The molecular weight excluding hydrogens is 684 g/mol. The highest BCUT2D eigenvalue weighted by Gasteiger charge is 2.48. The molecule has 11 heteroatoms. The molecule has 2 unspecified atom stereocenters. The van der Waals surface area contributed by atoms with E-state index in [0.717, 1.165) is 55.2 Å². The van der Waals surface area contributed by atoms with Crippen molar-refractivity contribution >= 4 is 28.6 Å². The number of phenolic OH excluding ortho intramolecular Hbond substituents is 1. The number of hydrogen-bond donors (Lipinski definition) is 1. The average Bonchev–Trinajstić information content (AvgIpc) is 3.02. The van der Waals surface area contributed by atoms with Gasteiger partial charge in [-0.1, -0.05) is 80.9 Å². The highest BCUT2D eigenvalue weighted by Crippen LogP contribution is 2.45. The third-order valence-electron chi connectivity index (χ3n) is 11.2. The number of carbonyl (C=O) groups excluding carboxylic acids is 2. The summed E-state index contributed by atoms with van der Waals surface area (Å²) in [7, 11) is -2.84. The van der Waals surface area contributed by atoms with Crippen molar-refractivity contribution in [2.45, 2.75) is 183 Å². The monoisotopic (exact) mass is 755 g/mol. The number of likely N-dealkylation sites (tertiary alicyclic amines) is 1. The number of hydrogen-bond acceptors (Lipinski definition) is 8. The van der Waals surface area contributed by atoms with Crippen LogP contribution in [0.3, 0.4) is 0 Å². The van der Waals surface area contributed by atoms with Gasteiger partial charge in [0.05, 0.1) is 0 Å². The Morgan fingerprint density at radius 3 is 1.80 bits per heavy atom. The van der Waals surface area contributed by atoms with Gasteiger partial charge in [-0.25, -0.2) is 4.79 Å². The molecule has 1 saturated heterocycles. The highest BCUT2D eigenvalue weighted by molar-refractivity contribution is 7.40. The van der Waals surface area contributed by atoms with Gasteiger partial charge in [0.1, 0.15) is 25.1 Å². The first-order chi connectivity index (χ1) is 23.5. The van der Waals surface area contributed by atoms with Crippen LogP contribution < -0.4 is 0 Å². The van der Waals surface area contributed by atoms with Crippen LogP contribution in [-0.2, 0) is 49.8 Å². The molecule has 1 N–H and O–H groups in total. The number of ether oxygens (including phenoxy) is 1. The number of benzene rings is 1. The first kappa shape index (κ1) is 47.1. The molecule has 1 amide bonds. The maximum absolute atomic E-state index is 13.1. The Balaban J connectivity index is 0.00000167. The molecule has 1 aromatic rings. The van der Waals surface area contributed by atoms with Crippen molar-refractivity contribution in [3.8, 4) is 5.75 Å². The minimum absolute atomic E-state index is 0.000472. The molecule has 1 aliphatic heterocycles. The fourth-order valence-electron chi connectivity index (χ4n) is 7.36. The second-order valence-electron chi connectivity index (χ2n) is 16.9. The second kappa shape index (κ2) is 20.0. The van der Waals surface area contributed by atoms with Crippen LogP contribution in [0.25, 0.3) is 0 Å². The van der Waals surface area contributed by atoms with Crippen LogP contribution in [0.2, 0.25) is 0 Å². The normalized spacial score (nSPS) is 16.7. The van der Waals surface area contributed by atoms with Gasteiger partial charge in [-0.15, -0.1) is 9.05 Å². The van der Waals surface area contributed by atoms with Gasteiger partial charge in [-0.2, -0.15) is 0 Å². The van der Waals surface area contributed by atoms with Gasteiger partial charge in [0.25, 0.3) is 6.16 Å². The number of nitrogens with zero attached hydrogens (tertiary/aromatic N) is 1. The quantitative estimate of drug-likeness (QED) is 0.0893. The number of rotatable bonds is 18. The van der Waals surface area contributed by atoms with Gasteiger partial charge in [0.2, 0.25) is 5.91 Å². The SMILES string of the molecule is CCC(CC)(CO[P+](=O)CC(=O)OC1CC(C)(C)N(C(C)=O)C(C)(C)C1)Cc1cc(C(C)(C)CC)c(O)c(C(C)(C)CC)c1.CCCCO[PH+]=O. The molecule has 0 aliphatic carbocycles. The van der Waals surface area contributed by atoms with Crippen LogP contribution >= 0.6 is 16.7 Å². The first-order valence-electron chi connectivity index (χ1n) is 19.0. The average molecular weight is 756 g/mol. The van der Waals surface area contributed by atoms with Crippen LogP contribution in [0.4, 0.5) is 0 Å². The first-order valence-corrected chi connectivity index (χ1v) is 21.1. The topological polar surface area (TPSA) is 119 Å². The molecule has 0 bridgehead atoms. The van der Waals surface area contributed by atoms with Crippen LogP contribution in [0, 0.1) is 5.41 Å². The van der Waals surface area contributed by atoms with E-state index in [0.29, 0.717) is 31.6 Å². The minimum atomic E-state index is -2.25. The molecule has 1 aromatic carbocycles. The lowest BCUT2D eigenvalue weighted by Gasteiger charge is -2.54. The molecule has 0 saturated carbocycles. The Bertz CT molecular complexity index is 1260. The van der Waals surface area contributed by atoms with E-state index < -0.39 is 33.8 Å². The van der Waals surface area contributed by atoms with E-state index in [4.69, 9.17) is 9.26 Å². The Kier molecular flexibility index (Phi) is 18.4. The number of esters is 1. The fourth-order valence-corrected chi connectivity index (χ4v) is 8.38. The summed E-state index contributed by atoms with van der Waals surface area (Å²) < 4.78 is 38.9. The van der Waals surface area contributed by atoms with Crippen molar-refractivity contribution < 1.29 is 37.6 Å². The van der Waals surface area contributed by atoms with E-state index >= 15 is 0 Å². The van der Waals surface area contributed by atoms with Gasteiger partial charge in [-0.3, -0.25) is 4.79 Å². The van der Waals surface area contributed by atoms with Crippen molar-refractivity contribution in [1.29, 1.82) is 0 Å². The summed E-state index contributed by atoms with van der Waals surface area (Å²) in [5.41, 5.74) is 1.48. The molecule has 9 nitrogen and oxygen atoms in total. The zero-order valence-electron chi connectivity index (χ0n) is 34.4. The zero-order valence-corrected chi connectivity index (χ0v) is 36.3. The molecule has 2 atom stereocenters. The van der Waals surface area contributed by atoms with Crippen molar-refractivity contribution in [1.82, 2.24) is 4.90 Å². The van der Waals surface area contributed by atoms with Crippen molar-refractivity contribution in [3.63, 3.8) is 0 Å². The van der Waals surface area contributed by atoms with Crippen molar-refractivity contribution in [3.05, 3.63) is 28.8 Å². The summed E-state index contributed by atoms with van der Waals surface area (Å²) in [6.45, 7) is 29.7. The fraction of sp³-hybridized carbons (Fsp3) is 0.800. The molecule has 1 aliphatic rings. The van der Waals surface area contributed by atoms with Crippen LogP contribution in [0.15, 0.2) is 12.1 Å².